The van der Waals surface area contributed by atoms with Crippen LogP contribution in [0.25, 0.3) is 32.3 Å². The van der Waals surface area contributed by atoms with Gasteiger partial charge in [-0.1, -0.05) is 117 Å². The third-order valence-electron chi connectivity index (χ3n) is 12.3. The zero-order valence-electron chi connectivity index (χ0n) is 43.7. The Morgan fingerprint density at radius 3 is 0.973 bits per heavy atom. The van der Waals surface area contributed by atoms with E-state index in [1.54, 1.807) is 0 Å². The lowest BCUT2D eigenvalue weighted by molar-refractivity contribution is -0.123. The van der Waals surface area contributed by atoms with E-state index >= 15 is 0 Å². The first kappa shape index (κ1) is 56.1. The Morgan fingerprint density at radius 1 is 0.370 bits per heavy atom. The van der Waals surface area contributed by atoms with Gasteiger partial charge in [0.15, 0.2) is 51.3 Å². The Balaban J connectivity index is 1.32. The molecule has 1 amide bonds. The predicted molar refractivity (Wildman–Crippen MR) is 310 cm³/mol. The maximum absolute atomic E-state index is 13.5. The number of amides is 1. The lowest BCUT2D eigenvalue weighted by Gasteiger charge is -2.21. The molecule has 73 heavy (non-hydrogen) atoms. The van der Waals surface area contributed by atoms with Crippen molar-refractivity contribution in [3.8, 4) is 34.5 Å². The first-order chi connectivity index (χ1) is 35.7. The molecule has 392 valence electrons. The van der Waals surface area contributed by atoms with Crippen LogP contribution in [0.15, 0.2) is 91.0 Å². The number of benzene rings is 6. The van der Waals surface area contributed by atoms with Gasteiger partial charge >= 0.3 is 0 Å². The normalized spacial score (nSPS) is 11.0. The molecule has 14 heteroatoms. The van der Waals surface area contributed by atoms with E-state index in [1.165, 1.54) is 0 Å². The van der Waals surface area contributed by atoms with Crippen LogP contribution in [0.2, 0.25) is 0 Å². The van der Waals surface area contributed by atoms with Crippen LogP contribution >= 0.6 is 24.4 Å². The van der Waals surface area contributed by atoms with Crippen LogP contribution < -0.4 is 55.2 Å². The molecule has 0 saturated heterocycles. The van der Waals surface area contributed by atoms with Crippen LogP contribution in [0, 0.1) is 0 Å². The number of anilines is 3. The molecule has 0 unspecified atom stereocenters. The molecule has 0 aliphatic carbocycles. The van der Waals surface area contributed by atoms with E-state index in [2.05, 4.69) is 85.7 Å². The van der Waals surface area contributed by atoms with Gasteiger partial charge in [0.05, 0.1) is 33.0 Å². The molecule has 0 spiro atoms. The fourth-order valence-electron chi connectivity index (χ4n) is 8.28. The van der Waals surface area contributed by atoms with E-state index in [9.17, 15) is 4.79 Å². The summed E-state index contributed by atoms with van der Waals surface area (Å²) in [6, 6.07) is 29.7. The molecule has 0 atom stereocenters. The van der Waals surface area contributed by atoms with E-state index < -0.39 is 5.91 Å². The van der Waals surface area contributed by atoms with Gasteiger partial charge in [0, 0.05) is 17.1 Å². The molecule has 6 aromatic carbocycles. The second-order valence-electron chi connectivity index (χ2n) is 18.2. The maximum atomic E-state index is 13.5. The van der Waals surface area contributed by atoms with E-state index in [0.717, 1.165) is 146 Å². The number of hydrogen-bond acceptors (Lipinski definition) is 9. The summed E-state index contributed by atoms with van der Waals surface area (Å²) in [7, 11) is 0. The van der Waals surface area contributed by atoms with E-state index in [1.807, 2.05) is 66.7 Å². The second-order valence-corrected chi connectivity index (χ2v) is 19.1. The highest BCUT2D eigenvalue weighted by atomic mass is 32.1. The molecule has 6 rings (SSSR count). The third kappa shape index (κ3) is 17.4. The molecule has 0 heterocycles. The predicted octanol–water partition coefficient (Wildman–Crippen LogP) is 15.2. The molecule has 6 aromatic rings. The molecule has 0 bridgehead atoms. The van der Waals surface area contributed by atoms with Crippen LogP contribution in [0.3, 0.4) is 0 Å². The average molecular weight is 1030 g/mol. The van der Waals surface area contributed by atoms with Crippen LogP contribution in [0.1, 0.15) is 131 Å². The molecule has 0 aliphatic rings. The fourth-order valence-corrected chi connectivity index (χ4v) is 8.69. The molecule has 5 N–H and O–H groups in total. The van der Waals surface area contributed by atoms with Gasteiger partial charge in [0.25, 0.3) is 5.91 Å². The van der Waals surface area contributed by atoms with Crippen molar-refractivity contribution in [3.63, 3.8) is 0 Å². The molecule has 0 saturated carbocycles. The summed E-state index contributed by atoms with van der Waals surface area (Å²) in [5, 5.41) is 15.9. The Morgan fingerprint density at radius 2 is 0.658 bits per heavy atom. The number of nitrogens with one attached hydrogen (secondary N) is 5. The first-order valence-corrected chi connectivity index (χ1v) is 27.5. The largest absolute Gasteiger partial charge is 0.490 e. The number of ether oxygens (including phenoxy) is 6. The molecular weight excluding hydrogens is 955 g/mol. The summed E-state index contributed by atoms with van der Waals surface area (Å²) in [5.74, 6) is 3.37. The Hall–Kier alpha value is -6.25. The van der Waals surface area contributed by atoms with Crippen LogP contribution in [-0.2, 0) is 4.79 Å². The minimum atomic E-state index is -0.438. The van der Waals surface area contributed by atoms with Crippen molar-refractivity contribution in [2.75, 3.05) is 55.6 Å². The van der Waals surface area contributed by atoms with Crippen LogP contribution in [-0.4, -0.2) is 55.8 Å². The number of hydrogen-bond donors (Lipinski definition) is 5. The minimum Gasteiger partial charge on any atom is -0.490 e. The summed E-state index contributed by atoms with van der Waals surface area (Å²) in [4.78, 5) is 13.5. The Bertz CT molecular complexity index is 2640. The zero-order valence-corrected chi connectivity index (χ0v) is 45.3. The topological polar surface area (TPSA) is 133 Å². The second kappa shape index (κ2) is 30.7. The highest BCUT2D eigenvalue weighted by Crippen LogP contribution is 2.47. The number of rotatable bonds is 31. The maximum Gasteiger partial charge on any atom is 0.276 e. The standard InChI is InChI=1S/C59H77N5O7S2/c1-6-11-19-30-66-51-35-45-46-36-52(67-31-20-12-7-2)54(69-33-22-14-9-4)38-48(46)50-40-56(55(70-34-23-15-10-5)39-49(50)47(45)37-53(51)68-32-21-13-8-3)71-41-57(65)63-64-59(73)62-44-28-26-43(27-29-44)61-58(72)60-42-24-17-16-18-25-42/h16-18,24-29,35-40H,6-15,19-23,30-34,41H2,1-5H3,(H,63,65)(H2,60,61,72)(H2,62,64,73). The third-order valence-corrected chi connectivity index (χ3v) is 12.7. The molecule has 0 aliphatic heterocycles. The number of thiocarbonyl (C=S) groups is 2. The number of carbonyl (C=O) groups is 1. The average Bonchev–Trinajstić information content (AvgIpc) is 3.40. The van der Waals surface area contributed by atoms with Crippen molar-refractivity contribution < 1.29 is 33.2 Å². The molecule has 0 aromatic heterocycles. The number of para-hydroxylation sites is 1. The van der Waals surface area contributed by atoms with Gasteiger partial charge in [-0.15, -0.1) is 0 Å². The van der Waals surface area contributed by atoms with Gasteiger partial charge in [-0.05, 0) is 162 Å². The summed E-state index contributed by atoms with van der Waals surface area (Å²) >= 11 is 11.0. The van der Waals surface area contributed by atoms with E-state index in [-0.39, 0.29) is 11.7 Å². The lowest BCUT2D eigenvalue weighted by Crippen LogP contribution is -2.45. The Labute approximate surface area is 443 Å². The van der Waals surface area contributed by atoms with Crippen LogP contribution in [0.4, 0.5) is 17.1 Å². The quantitative estimate of drug-likeness (QED) is 0.0123. The Kier molecular flexibility index (Phi) is 23.6. The van der Waals surface area contributed by atoms with Gasteiger partial charge in [-0.2, -0.15) is 0 Å². The first-order valence-electron chi connectivity index (χ1n) is 26.7. The monoisotopic (exact) mass is 1030 g/mol. The minimum absolute atomic E-state index is 0.198. The van der Waals surface area contributed by atoms with Crippen LogP contribution in [0.5, 0.6) is 34.5 Å². The number of unbranched alkanes of at least 4 members (excludes halogenated alkanes) is 10. The highest BCUT2D eigenvalue weighted by molar-refractivity contribution is 7.80. The van der Waals surface area contributed by atoms with Gasteiger partial charge in [-0.25, -0.2) is 0 Å². The number of hydrazine groups is 1. The van der Waals surface area contributed by atoms with Crippen molar-refractivity contribution in [3.05, 3.63) is 91.0 Å². The summed E-state index contributed by atoms with van der Waals surface area (Å²) in [6.45, 7) is 13.4. The molecule has 0 radical (unpaired) electrons. The van der Waals surface area contributed by atoms with E-state index in [0.29, 0.717) is 72.6 Å². The van der Waals surface area contributed by atoms with E-state index in [4.69, 9.17) is 52.9 Å². The molecule has 12 nitrogen and oxygen atoms in total. The van der Waals surface area contributed by atoms with Gasteiger partial charge in [0.1, 0.15) is 0 Å². The SMILES string of the molecule is CCCCCOc1cc2c3cc(OCCCCC)c(OCCCCC)cc3c3cc(OCC(=O)NNC(=S)Nc4ccc(NC(=S)Nc5ccccc5)cc4)c(OCCCCC)cc3c2cc1OCCCCC. The van der Waals surface area contributed by atoms with Crippen molar-refractivity contribution in [2.45, 2.75) is 131 Å². The highest BCUT2D eigenvalue weighted by Gasteiger charge is 2.21. The fraction of sp³-hybridized carbons (Fsp3) is 0.441. The summed E-state index contributed by atoms with van der Waals surface area (Å²) in [5.41, 5.74) is 7.88. The van der Waals surface area contributed by atoms with Crippen molar-refractivity contribution in [2.24, 2.45) is 0 Å². The number of carbonyl (C=O) groups excluding carboxylic acids is 1. The van der Waals surface area contributed by atoms with Gasteiger partial charge in [-0.3, -0.25) is 15.6 Å². The summed E-state index contributed by atoms with van der Waals surface area (Å²) < 4.78 is 39.2. The molecular formula is C59H77N5O7S2. The lowest BCUT2D eigenvalue weighted by atomic mass is 9.93. The zero-order chi connectivity index (χ0) is 51.6. The van der Waals surface area contributed by atoms with Crippen molar-refractivity contribution >= 4 is 89.9 Å². The number of fused-ring (bicyclic) bond motifs is 6. The molecule has 0 fully saturated rings. The smallest absolute Gasteiger partial charge is 0.276 e. The van der Waals surface area contributed by atoms with Gasteiger partial charge in [0.2, 0.25) is 0 Å². The van der Waals surface area contributed by atoms with Crippen molar-refractivity contribution in [1.82, 2.24) is 10.9 Å². The van der Waals surface area contributed by atoms with Gasteiger partial charge < -0.3 is 44.4 Å². The summed E-state index contributed by atoms with van der Waals surface area (Å²) in [6.07, 6.45) is 15.4. The van der Waals surface area contributed by atoms with Crippen molar-refractivity contribution in [1.29, 1.82) is 0 Å².